The Morgan fingerprint density at radius 1 is 1.23 bits per heavy atom. The van der Waals surface area contributed by atoms with Crippen molar-refractivity contribution >= 4 is 50.5 Å². The van der Waals surface area contributed by atoms with Gasteiger partial charge >= 0.3 is 12.1 Å². The van der Waals surface area contributed by atoms with Crippen LogP contribution in [0.4, 0.5) is 9.93 Å². The summed E-state index contributed by atoms with van der Waals surface area (Å²) in [7, 11) is 1.30. The molecule has 39 heavy (non-hydrogen) atoms. The summed E-state index contributed by atoms with van der Waals surface area (Å²) in [6.07, 6.45) is 0.819. The van der Waals surface area contributed by atoms with E-state index in [0.29, 0.717) is 18.0 Å². The lowest BCUT2D eigenvalue weighted by molar-refractivity contribution is -0.164. The predicted molar refractivity (Wildman–Crippen MR) is 155 cm³/mol. The van der Waals surface area contributed by atoms with Gasteiger partial charge in [-0.25, -0.2) is 14.6 Å². The molecule has 1 aromatic heterocycles. The van der Waals surface area contributed by atoms with Crippen LogP contribution >= 0.6 is 23.1 Å². The van der Waals surface area contributed by atoms with Crippen molar-refractivity contribution in [1.29, 1.82) is 0 Å². The number of carbonyl (C=O) groups excluding carboxylic acids is 2. The number of aliphatic hydroxyl groups excluding tert-OH is 1. The lowest BCUT2D eigenvalue weighted by Gasteiger charge is -2.40. The van der Waals surface area contributed by atoms with Gasteiger partial charge in [0.15, 0.2) is 5.13 Å². The summed E-state index contributed by atoms with van der Waals surface area (Å²) in [4.78, 5) is 30.7. The summed E-state index contributed by atoms with van der Waals surface area (Å²) < 4.78 is 11.7. The first kappa shape index (κ1) is 28.8. The van der Waals surface area contributed by atoms with Gasteiger partial charge in [-0.05, 0) is 66.5 Å². The first-order valence-corrected chi connectivity index (χ1v) is 14.5. The number of aromatic hydroxyl groups is 1. The molecule has 1 aliphatic heterocycles. The number of thioether (sulfide) groups is 1. The van der Waals surface area contributed by atoms with Crippen LogP contribution in [0.25, 0.3) is 10.2 Å². The summed E-state index contributed by atoms with van der Waals surface area (Å²) in [6.45, 7) is 10.0. The first-order valence-electron chi connectivity index (χ1n) is 12.8. The third kappa shape index (κ3) is 6.01. The van der Waals surface area contributed by atoms with Gasteiger partial charge in [-0.15, -0.1) is 0 Å². The van der Waals surface area contributed by atoms with Crippen LogP contribution in [0.15, 0.2) is 45.9 Å². The number of hydrogen-bond acceptors (Lipinski definition) is 9. The molecule has 3 aromatic rings. The third-order valence-electron chi connectivity index (χ3n) is 7.16. The number of esters is 1. The van der Waals surface area contributed by atoms with Crippen LogP contribution in [0.1, 0.15) is 63.1 Å². The van der Waals surface area contributed by atoms with E-state index in [1.54, 1.807) is 12.1 Å². The number of carbonyl (C=O) groups is 2. The van der Waals surface area contributed by atoms with Crippen molar-refractivity contribution in [3.63, 3.8) is 0 Å². The fraction of sp³-hybridized carbons (Fsp3) is 0.414. The van der Waals surface area contributed by atoms with Gasteiger partial charge in [-0.3, -0.25) is 5.32 Å². The highest BCUT2D eigenvalue weighted by Crippen LogP contribution is 2.46. The highest BCUT2D eigenvalue weighted by atomic mass is 32.2. The maximum absolute atomic E-state index is 13.4. The molecule has 0 saturated heterocycles. The number of anilines is 1. The number of aliphatic hydroxyl groups is 1. The molecule has 4 rings (SSSR count). The Kier molecular flexibility index (Phi) is 8.46. The van der Waals surface area contributed by atoms with Gasteiger partial charge in [0.1, 0.15) is 22.0 Å². The topological polar surface area (TPSA) is 118 Å². The van der Waals surface area contributed by atoms with Crippen LogP contribution in [-0.2, 0) is 20.7 Å². The van der Waals surface area contributed by atoms with Gasteiger partial charge < -0.3 is 19.7 Å². The maximum Gasteiger partial charge on any atom is 0.413 e. The zero-order valence-electron chi connectivity index (χ0n) is 23.0. The average Bonchev–Trinajstić information content (AvgIpc) is 3.30. The van der Waals surface area contributed by atoms with Gasteiger partial charge in [-0.1, -0.05) is 62.9 Å². The number of hydrogen-bond donors (Lipinski definition) is 3. The standard InChI is InChI=1S/C29H34N2O6S2/c1-15(2)20-13-22(17(5)24-23(20)30-27(39-24)31-28(35)36-6)38-25-21(33)14-29(16(3)4,37-26(25)34)12-11-18-7-9-19(32)10-8-18/h7-10,13,15-16,32-33H,11-12,14H2,1-6H3,(H,30,31,35). The quantitative estimate of drug-likeness (QED) is 0.239. The second kappa shape index (κ2) is 11.5. The monoisotopic (exact) mass is 570 g/mol. The van der Waals surface area contributed by atoms with Crippen LogP contribution < -0.4 is 5.32 Å². The number of phenolic OH excluding ortho intramolecular Hbond substituents is 1. The van der Waals surface area contributed by atoms with E-state index < -0.39 is 17.7 Å². The Morgan fingerprint density at radius 2 is 1.92 bits per heavy atom. The van der Waals surface area contributed by atoms with Gasteiger partial charge in [0.25, 0.3) is 0 Å². The van der Waals surface area contributed by atoms with E-state index in [9.17, 15) is 19.8 Å². The largest absolute Gasteiger partial charge is 0.511 e. The van der Waals surface area contributed by atoms with Crippen LogP contribution in [-0.4, -0.2) is 40.0 Å². The van der Waals surface area contributed by atoms with Crippen molar-refractivity contribution in [3.05, 3.63) is 57.7 Å². The van der Waals surface area contributed by atoms with Crippen molar-refractivity contribution in [1.82, 2.24) is 4.98 Å². The molecule has 0 bridgehead atoms. The van der Waals surface area contributed by atoms with E-state index in [2.05, 4.69) is 24.1 Å². The molecular formula is C29H34N2O6S2. The first-order chi connectivity index (χ1) is 18.4. The number of aryl methyl sites for hydroxylation is 2. The molecule has 2 heterocycles. The number of methoxy groups -OCH3 is 1. The smallest absolute Gasteiger partial charge is 0.413 e. The highest BCUT2D eigenvalue weighted by Gasteiger charge is 2.44. The minimum Gasteiger partial charge on any atom is -0.511 e. The molecule has 0 aliphatic carbocycles. The lowest BCUT2D eigenvalue weighted by atomic mass is 9.80. The van der Waals surface area contributed by atoms with E-state index >= 15 is 0 Å². The molecule has 10 heteroatoms. The minimum absolute atomic E-state index is 0.0178. The van der Waals surface area contributed by atoms with E-state index in [-0.39, 0.29) is 34.7 Å². The van der Waals surface area contributed by atoms with Crippen LogP contribution in [0, 0.1) is 12.8 Å². The van der Waals surface area contributed by atoms with Crippen molar-refractivity contribution in [2.24, 2.45) is 5.92 Å². The summed E-state index contributed by atoms with van der Waals surface area (Å²) in [6, 6.07) is 8.97. The van der Waals surface area contributed by atoms with E-state index in [1.165, 1.54) is 30.2 Å². The SMILES string of the molecule is COC(=O)Nc1nc2c(C(C)C)cc(SC3=C(O)CC(CCc4ccc(O)cc4)(C(C)C)OC3=O)c(C)c2s1. The highest BCUT2D eigenvalue weighted by molar-refractivity contribution is 8.04. The summed E-state index contributed by atoms with van der Waals surface area (Å²) >= 11 is 2.54. The molecule has 0 spiro atoms. The van der Waals surface area contributed by atoms with E-state index in [0.717, 1.165) is 31.8 Å². The van der Waals surface area contributed by atoms with E-state index in [1.807, 2.05) is 39.0 Å². The normalized spacial score (nSPS) is 17.7. The van der Waals surface area contributed by atoms with Gasteiger partial charge in [0.05, 0.1) is 17.3 Å². The molecule has 2 aromatic carbocycles. The maximum atomic E-state index is 13.4. The van der Waals surface area contributed by atoms with Crippen molar-refractivity contribution in [3.8, 4) is 5.75 Å². The molecule has 0 radical (unpaired) electrons. The van der Waals surface area contributed by atoms with Crippen molar-refractivity contribution in [2.75, 3.05) is 12.4 Å². The zero-order valence-corrected chi connectivity index (χ0v) is 24.6. The molecule has 208 valence electrons. The summed E-state index contributed by atoms with van der Waals surface area (Å²) in [5.41, 5.74) is 2.85. The number of benzene rings is 2. The van der Waals surface area contributed by atoms with Crippen molar-refractivity contribution in [2.45, 2.75) is 70.3 Å². The molecule has 1 amide bonds. The molecule has 0 saturated carbocycles. The number of cyclic esters (lactones) is 1. The molecule has 8 nitrogen and oxygen atoms in total. The number of phenols is 1. The van der Waals surface area contributed by atoms with E-state index in [4.69, 9.17) is 9.47 Å². The van der Waals surface area contributed by atoms with Gasteiger partial charge in [-0.2, -0.15) is 0 Å². The number of nitrogens with zero attached hydrogens (tertiary/aromatic N) is 1. The summed E-state index contributed by atoms with van der Waals surface area (Å²) in [5, 5.41) is 23.8. The average molecular weight is 571 g/mol. The van der Waals surface area contributed by atoms with Crippen molar-refractivity contribution < 1.29 is 29.3 Å². The fourth-order valence-corrected chi connectivity index (χ4v) is 6.69. The number of thiazole rings is 1. The Hall–Kier alpha value is -3.24. The number of ether oxygens (including phenoxy) is 2. The second-order valence-corrected chi connectivity index (χ2v) is 12.4. The molecular weight excluding hydrogens is 536 g/mol. The molecule has 0 fully saturated rings. The predicted octanol–water partition coefficient (Wildman–Crippen LogP) is 7.45. The molecule has 1 unspecified atom stereocenters. The Bertz CT molecular complexity index is 1430. The number of fused-ring (bicyclic) bond motifs is 1. The number of amides is 1. The second-order valence-electron chi connectivity index (χ2n) is 10.4. The Morgan fingerprint density at radius 3 is 2.51 bits per heavy atom. The zero-order chi connectivity index (χ0) is 28.5. The minimum atomic E-state index is -0.836. The molecule has 3 N–H and O–H groups in total. The van der Waals surface area contributed by atoms with Gasteiger partial charge in [0.2, 0.25) is 0 Å². The molecule has 1 atom stereocenters. The number of rotatable bonds is 8. The van der Waals surface area contributed by atoms with Crippen LogP contribution in [0.5, 0.6) is 5.75 Å². The van der Waals surface area contributed by atoms with Gasteiger partial charge in [0, 0.05) is 11.3 Å². The fourth-order valence-electron chi connectivity index (χ4n) is 4.67. The number of nitrogens with one attached hydrogen (secondary N) is 1. The van der Waals surface area contributed by atoms with Crippen LogP contribution in [0.2, 0.25) is 0 Å². The summed E-state index contributed by atoms with van der Waals surface area (Å²) in [5.74, 6) is -0.192. The Labute approximate surface area is 236 Å². The lowest BCUT2D eigenvalue weighted by Crippen LogP contribution is -2.44. The third-order valence-corrected chi connectivity index (χ3v) is 9.50. The Balaban J connectivity index is 1.65. The number of aromatic nitrogens is 1. The molecule has 1 aliphatic rings. The van der Waals surface area contributed by atoms with Crippen LogP contribution in [0.3, 0.4) is 0 Å².